The molecule has 0 amide bonds. The van der Waals surface area contributed by atoms with Crippen molar-refractivity contribution in [1.82, 2.24) is 5.32 Å². The average molecular weight is 316 g/mol. The van der Waals surface area contributed by atoms with Crippen molar-refractivity contribution in [2.45, 2.75) is 52.1 Å². The van der Waals surface area contributed by atoms with Crippen molar-refractivity contribution in [1.29, 1.82) is 0 Å². The highest BCUT2D eigenvalue weighted by atomic mass is 35.5. The zero-order valence-electron chi connectivity index (χ0n) is 12.4. The topological polar surface area (TPSA) is 21.3 Å². The second-order valence-corrected chi connectivity index (χ2v) is 7.40. The van der Waals surface area contributed by atoms with E-state index in [4.69, 9.17) is 27.9 Å². The molecule has 0 aliphatic heterocycles. The monoisotopic (exact) mass is 315 g/mol. The molecule has 1 N–H and O–H groups in total. The minimum Gasteiger partial charge on any atom is -0.492 e. The van der Waals surface area contributed by atoms with Crippen LogP contribution < -0.4 is 10.1 Å². The second kappa shape index (κ2) is 6.55. The van der Waals surface area contributed by atoms with Crippen LogP contribution >= 0.6 is 23.2 Å². The first-order valence-corrected chi connectivity index (χ1v) is 7.96. The minimum atomic E-state index is 0.0417. The maximum Gasteiger partial charge on any atom is 0.142 e. The molecule has 0 heterocycles. The summed E-state index contributed by atoms with van der Waals surface area (Å²) < 4.78 is 5.91. The minimum absolute atomic E-state index is 0.0417. The van der Waals surface area contributed by atoms with Gasteiger partial charge in [0.05, 0.1) is 11.6 Å². The van der Waals surface area contributed by atoms with Crippen LogP contribution in [0, 0.1) is 5.92 Å². The quantitative estimate of drug-likeness (QED) is 0.792. The predicted octanol–water partition coefficient (Wildman–Crippen LogP) is 5.06. The highest BCUT2D eigenvalue weighted by molar-refractivity contribution is 6.35. The lowest BCUT2D eigenvalue weighted by Crippen LogP contribution is -2.35. The highest BCUT2D eigenvalue weighted by Gasteiger charge is 2.21. The fourth-order valence-electron chi connectivity index (χ4n) is 2.00. The van der Waals surface area contributed by atoms with E-state index in [9.17, 15) is 0 Å². The van der Waals surface area contributed by atoms with Gasteiger partial charge in [0, 0.05) is 22.7 Å². The average Bonchev–Trinajstić information content (AvgIpc) is 3.12. The van der Waals surface area contributed by atoms with Gasteiger partial charge in [0.1, 0.15) is 5.75 Å². The molecule has 1 fully saturated rings. The number of hydrogen-bond acceptors (Lipinski definition) is 2. The fraction of sp³-hybridized carbons (Fsp3) is 0.625. The number of rotatable bonds is 6. The van der Waals surface area contributed by atoms with E-state index in [0.29, 0.717) is 16.6 Å². The molecular formula is C16H23Cl2NO. The van der Waals surface area contributed by atoms with Crippen LogP contribution in [-0.2, 0) is 6.54 Å². The largest absolute Gasteiger partial charge is 0.492 e. The van der Waals surface area contributed by atoms with Gasteiger partial charge in [-0.3, -0.25) is 0 Å². The molecule has 0 bridgehead atoms. The van der Waals surface area contributed by atoms with Gasteiger partial charge in [-0.25, -0.2) is 0 Å². The third-order valence-corrected chi connectivity index (χ3v) is 3.86. The summed E-state index contributed by atoms with van der Waals surface area (Å²) >= 11 is 12.4. The highest BCUT2D eigenvalue weighted by Crippen LogP contribution is 2.35. The molecule has 0 unspecified atom stereocenters. The first kappa shape index (κ1) is 15.9. The zero-order chi connectivity index (χ0) is 14.8. The van der Waals surface area contributed by atoms with Crippen molar-refractivity contribution in [2.24, 2.45) is 5.92 Å². The normalized spacial score (nSPS) is 15.4. The summed E-state index contributed by atoms with van der Waals surface area (Å²) in [5.74, 6) is 1.63. The Morgan fingerprint density at radius 2 is 1.95 bits per heavy atom. The Hall–Kier alpha value is -0.440. The van der Waals surface area contributed by atoms with E-state index in [2.05, 4.69) is 26.1 Å². The first-order valence-electron chi connectivity index (χ1n) is 7.21. The van der Waals surface area contributed by atoms with Gasteiger partial charge in [-0.1, -0.05) is 36.0 Å². The van der Waals surface area contributed by atoms with Crippen molar-refractivity contribution < 1.29 is 4.74 Å². The lowest BCUT2D eigenvalue weighted by atomic mass is 10.1. The number of benzene rings is 1. The van der Waals surface area contributed by atoms with Crippen LogP contribution in [-0.4, -0.2) is 12.1 Å². The van der Waals surface area contributed by atoms with E-state index < -0.39 is 0 Å². The van der Waals surface area contributed by atoms with Gasteiger partial charge in [0.25, 0.3) is 0 Å². The Balaban J connectivity index is 2.05. The standard InChI is InChI=1S/C16H23Cl2NO/c1-16(2,3)19-10-12-8-13(17)9-14(18)15(12)20-7-6-11-4-5-11/h8-9,11,19H,4-7,10H2,1-3H3. The molecule has 1 aliphatic carbocycles. The Kier molecular flexibility index (Phi) is 5.22. The second-order valence-electron chi connectivity index (χ2n) is 6.56. The Bertz CT molecular complexity index is 464. The van der Waals surface area contributed by atoms with E-state index in [1.165, 1.54) is 12.8 Å². The van der Waals surface area contributed by atoms with Crippen molar-refractivity contribution in [3.05, 3.63) is 27.7 Å². The maximum atomic E-state index is 6.28. The van der Waals surface area contributed by atoms with Crippen LogP contribution in [0.25, 0.3) is 0 Å². The summed E-state index contributed by atoms with van der Waals surface area (Å²) in [6, 6.07) is 3.68. The van der Waals surface area contributed by atoms with Crippen LogP contribution in [0.5, 0.6) is 5.75 Å². The van der Waals surface area contributed by atoms with Gasteiger partial charge in [-0.2, -0.15) is 0 Å². The number of ether oxygens (including phenoxy) is 1. The summed E-state index contributed by atoms with van der Waals surface area (Å²) in [6.45, 7) is 7.82. The van der Waals surface area contributed by atoms with E-state index in [0.717, 1.165) is 30.3 Å². The van der Waals surface area contributed by atoms with Crippen molar-refractivity contribution in [3.8, 4) is 5.75 Å². The fourth-order valence-corrected chi connectivity index (χ4v) is 2.59. The molecule has 1 aliphatic rings. The van der Waals surface area contributed by atoms with E-state index >= 15 is 0 Å². The van der Waals surface area contributed by atoms with Crippen LogP contribution in [0.4, 0.5) is 0 Å². The van der Waals surface area contributed by atoms with Gasteiger partial charge >= 0.3 is 0 Å². The summed E-state index contributed by atoms with van der Waals surface area (Å²) in [6.07, 6.45) is 3.80. The van der Waals surface area contributed by atoms with Gasteiger partial charge in [0.2, 0.25) is 0 Å². The Morgan fingerprint density at radius 1 is 1.25 bits per heavy atom. The van der Waals surface area contributed by atoms with Gasteiger partial charge in [-0.05, 0) is 45.2 Å². The lowest BCUT2D eigenvalue weighted by molar-refractivity contribution is 0.297. The summed E-state index contributed by atoms with van der Waals surface area (Å²) in [5, 5.41) is 4.69. The number of nitrogens with one attached hydrogen (secondary N) is 1. The molecule has 2 rings (SSSR count). The van der Waals surface area contributed by atoms with Crippen molar-refractivity contribution in [3.63, 3.8) is 0 Å². The molecule has 4 heteroatoms. The van der Waals surface area contributed by atoms with Crippen LogP contribution in [0.2, 0.25) is 10.0 Å². The van der Waals surface area contributed by atoms with Gasteiger partial charge < -0.3 is 10.1 Å². The van der Waals surface area contributed by atoms with E-state index in [1.54, 1.807) is 6.07 Å². The molecule has 2 nitrogen and oxygen atoms in total. The molecule has 1 aromatic rings. The molecule has 0 radical (unpaired) electrons. The van der Waals surface area contributed by atoms with E-state index in [-0.39, 0.29) is 5.54 Å². The summed E-state index contributed by atoms with van der Waals surface area (Å²) in [4.78, 5) is 0. The molecule has 0 aromatic heterocycles. The van der Waals surface area contributed by atoms with Gasteiger partial charge in [-0.15, -0.1) is 0 Å². The molecule has 112 valence electrons. The molecule has 1 aromatic carbocycles. The van der Waals surface area contributed by atoms with Crippen molar-refractivity contribution >= 4 is 23.2 Å². The van der Waals surface area contributed by atoms with Crippen LogP contribution in [0.1, 0.15) is 45.6 Å². The molecule has 0 spiro atoms. The van der Waals surface area contributed by atoms with Crippen LogP contribution in [0.3, 0.4) is 0 Å². The predicted molar refractivity (Wildman–Crippen MR) is 85.9 cm³/mol. The van der Waals surface area contributed by atoms with Gasteiger partial charge in [0.15, 0.2) is 0 Å². The van der Waals surface area contributed by atoms with Crippen molar-refractivity contribution in [2.75, 3.05) is 6.61 Å². The summed E-state index contributed by atoms with van der Waals surface area (Å²) in [7, 11) is 0. The van der Waals surface area contributed by atoms with Crippen LogP contribution in [0.15, 0.2) is 12.1 Å². The number of halogens is 2. The Labute approximate surface area is 131 Å². The molecule has 0 atom stereocenters. The molecule has 20 heavy (non-hydrogen) atoms. The lowest BCUT2D eigenvalue weighted by Gasteiger charge is -2.22. The molecule has 0 saturated heterocycles. The maximum absolute atomic E-state index is 6.28. The SMILES string of the molecule is CC(C)(C)NCc1cc(Cl)cc(Cl)c1OCCC1CC1. The third-order valence-electron chi connectivity index (χ3n) is 3.36. The number of hydrogen-bond donors (Lipinski definition) is 1. The van der Waals surface area contributed by atoms with E-state index in [1.807, 2.05) is 6.07 Å². The molecule has 1 saturated carbocycles. The summed E-state index contributed by atoms with van der Waals surface area (Å²) in [5.41, 5.74) is 1.06. The molecular weight excluding hydrogens is 293 g/mol. The zero-order valence-corrected chi connectivity index (χ0v) is 13.9. The third kappa shape index (κ3) is 5.16. The Morgan fingerprint density at radius 3 is 2.55 bits per heavy atom. The smallest absolute Gasteiger partial charge is 0.142 e. The first-order chi connectivity index (χ1) is 9.35.